The van der Waals surface area contributed by atoms with Crippen molar-refractivity contribution in [3.05, 3.63) is 47.5 Å². The van der Waals surface area contributed by atoms with Crippen molar-refractivity contribution in [1.29, 1.82) is 0 Å². The number of alkyl halides is 3. The summed E-state index contributed by atoms with van der Waals surface area (Å²) in [5, 5.41) is 3.07. The zero-order valence-corrected chi connectivity index (χ0v) is 16.5. The molecule has 0 amide bonds. The summed E-state index contributed by atoms with van der Waals surface area (Å²) in [5.41, 5.74) is 0.0227. The minimum absolute atomic E-state index is 0.142. The van der Waals surface area contributed by atoms with Crippen LogP contribution < -0.4 is 10.2 Å². The van der Waals surface area contributed by atoms with Crippen LogP contribution in [0.25, 0.3) is 0 Å². The first-order valence-electron chi connectivity index (χ1n) is 10.2. The number of hydrogen-bond donors (Lipinski definition) is 1. The smallest absolute Gasteiger partial charge is 0.381 e. The van der Waals surface area contributed by atoms with Crippen LogP contribution in [0, 0.1) is 11.7 Å². The largest absolute Gasteiger partial charge is 0.416 e. The zero-order valence-electron chi connectivity index (χ0n) is 16.5. The maximum absolute atomic E-state index is 15.2. The molecule has 1 N–H and O–H groups in total. The Bertz CT molecular complexity index is 853. The summed E-state index contributed by atoms with van der Waals surface area (Å²) in [7, 11) is 0. The number of nitrogens with one attached hydrogen (secondary N) is 1. The molecular weight excluding hydrogens is 400 g/mol. The molecule has 0 spiro atoms. The molecule has 1 aromatic heterocycles. The summed E-state index contributed by atoms with van der Waals surface area (Å²) < 4.78 is 59.2. The molecule has 2 aliphatic heterocycles. The molecule has 2 saturated heterocycles. The second kappa shape index (κ2) is 8.75. The van der Waals surface area contributed by atoms with E-state index in [4.69, 9.17) is 4.74 Å². The highest BCUT2D eigenvalue weighted by atomic mass is 19.4. The van der Waals surface area contributed by atoms with Crippen LogP contribution in [0.4, 0.5) is 29.2 Å². The minimum atomic E-state index is -4.38. The second-order valence-corrected chi connectivity index (χ2v) is 7.80. The van der Waals surface area contributed by atoms with Crippen LogP contribution in [0.3, 0.4) is 0 Å². The van der Waals surface area contributed by atoms with E-state index in [1.165, 1.54) is 18.5 Å². The fourth-order valence-corrected chi connectivity index (χ4v) is 4.15. The topological polar surface area (TPSA) is 50.3 Å². The molecule has 3 heterocycles. The molecule has 2 fully saturated rings. The van der Waals surface area contributed by atoms with Crippen molar-refractivity contribution in [2.75, 3.05) is 36.5 Å². The maximum atomic E-state index is 15.2. The molecule has 2 aliphatic rings. The number of benzene rings is 1. The van der Waals surface area contributed by atoms with Gasteiger partial charge in [0, 0.05) is 19.7 Å². The number of halogens is 4. The van der Waals surface area contributed by atoms with Crippen LogP contribution in [0.5, 0.6) is 0 Å². The summed E-state index contributed by atoms with van der Waals surface area (Å²) in [6.45, 7) is 2.56. The van der Waals surface area contributed by atoms with E-state index in [1.807, 2.05) is 4.90 Å². The predicted octanol–water partition coefficient (Wildman–Crippen LogP) is 4.81. The third kappa shape index (κ3) is 4.50. The Labute approximate surface area is 172 Å². The van der Waals surface area contributed by atoms with Gasteiger partial charge in [-0.1, -0.05) is 12.1 Å². The second-order valence-electron chi connectivity index (χ2n) is 7.80. The van der Waals surface area contributed by atoms with Gasteiger partial charge in [0.1, 0.15) is 6.33 Å². The van der Waals surface area contributed by atoms with Crippen molar-refractivity contribution < 1.29 is 22.3 Å². The lowest BCUT2D eigenvalue weighted by atomic mass is 10.0. The van der Waals surface area contributed by atoms with Crippen molar-refractivity contribution in [2.24, 2.45) is 5.92 Å². The summed E-state index contributed by atoms with van der Waals surface area (Å²) >= 11 is 0. The Morgan fingerprint density at radius 3 is 2.60 bits per heavy atom. The molecule has 2 unspecified atom stereocenters. The van der Waals surface area contributed by atoms with Crippen molar-refractivity contribution in [1.82, 2.24) is 9.97 Å². The number of ether oxygens (including phenoxy) is 1. The highest BCUT2D eigenvalue weighted by molar-refractivity contribution is 5.53. The quantitative estimate of drug-likeness (QED) is 0.698. The van der Waals surface area contributed by atoms with Crippen LogP contribution in [-0.2, 0) is 10.9 Å². The monoisotopic (exact) mass is 424 g/mol. The van der Waals surface area contributed by atoms with Gasteiger partial charge in [-0.2, -0.15) is 17.6 Å². The molecule has 0 radical (unpaired) electrons. The fourth-order valence-electron chi connectivity index (χ4n) is 4.15. The van der Waals surface area contributed by atoms with Crippen LogP contribution in [-0.4, -0.2) is 36.3 Å². The first-order chi connectivity index (χ1) is 14.4. The van der Waals surface area contributed by atoms with Gasteiger partial charge in [-0.3, -0.25) is 0 Å². The van der Waals surface area contributed by atoms with Gasteiger partial charge in [0.25, 0.3) is 0 Å². The van der Waals surface area contributed by atoms with Crippen LogP contribution in [0.1, 0.15) is 42.9 Å². The van der Waals surface area contributed by atoms with Gasteiger partial charge in [-0.15, -0.1) is 0 Å². The Kier molecular flexibility index (Phi) is 6.08. The average molecular weight is 424 g/mol. The third-order valence-electron chi connectivity index (χ3n) is 5.73. The van der Waals surface area contributed by atoms with Crippen LogP contribution in [0.15, 0.2) is 30.6 Å². The number of nitrogens with zero attached hydrogens (tertiary/aromatic N) is 3. The number of hydrogen-bond acceptors (Lipinski definition) is 5. The number of anilines is 2. The Hall–Kier alpha value is -2.42. The van der Waals surface area contributed by atoms with Crippen molar-refractivity contribution in [3.63, 3.8) is 0 Å². The molecule has 0 saturated carbocycles. The molecule has 162 valence electrons. The Morgan fingerprint density at radius 1 is 1.10 bits per heavy atom. The first kappa shape index (κ1) is 20.8. The van der Waals surface area contributed by atoms with Gasteiger partial charge in [-0.05, 0) is 49.3 Å². The van der Waals surface area contributed by atoms with E-state index in [0.29, 0.717) is 31.2 Å². The molecule has 4 rings (SSSR count). The van der Waals surface area contributed by atoms with Crippen LogP contribution >= 0.6 is 0 Å². The number of aromatic nitrogens is 2. The predicted molar refractivity (Wildman–Crippen MR) is 105 cm³/mol. The van der Waals surface area contributed by atoms with Gasteiger partial charge >= 0.3 is 6.18 Å². The zero-order chi connectivity index (χ0) is 21.1. The standard InChI is InChI=1S/C21H24F4N4O/c22-18-19(26-11-14-3-2-10-30-12-14)27-13-28-20(18)29-9-1-4-17(29)15-5-7-16(8-6-15)21(23,24)25/h5-8,13-14,17H,1-4,9-12H2,(H,26,27,28). The lowest BCUT2D eigenvalue weighted by Crippen LogP contribution is -2.27. The SMILES string of the molecule is Fc1c(NCC2CCCOC2)ncnc1N1CCCC1c1ccc(C(F)(F)F)cc1. The normalized spacial score (nSPS) is 22.3. The highest BCUT2D eigenvalue weighted by Gasteiger charge is 2.33. The summed E-state index contributed by atoms with van der Waals surface area (Å²) in [6, 6.07) is 4.85. The van der Waals surface area contributed by atoms with Gasteiger partial charge in [0.05, 0.1) is 18.2 Å². The molecule has 2 atom stereocenters. The number of rotatable bonds is 5. The molecule has 1 aromatic carbocycles. The minimum Gasteiger partial charge on any atom is -0.381 e. The van der Waals surface area contributed by atoms with Crippen molar-refractivity contribution in [2.45, 2.75) is 37.9 Å². The molecule has 0 aliphatic carbocycles. The van der Waals surface area contributed by atoms with Gasteiger partial charge in [0.15, 0.2) is 11.6 Å². The van der Waals surface area contributed by atoms with Crippen molar-refractivity contribution in [3.8, 4) is 0 Å². The van der Waals surface area contributed by atoms with Gasteiger partial charge < -0.3 is 15.0 Å². The molecule has 2 aromatic rings. The van der Waals surface area contributed by atoms with Crippen LogP contribution in [0.2, 0.25) is 0 Å². The Morgan fingerprint density at radius 2 is 1.90 bits per heavy atom. The van der Waals surface area contributed by atoms with E-state index in [9.17, 15) is 13.2 Å². The molecular formula is C21H24F4N4O. The average Bonchev–Trinajstić information content (AvgIpc) is 3.23. The lowest BCUT2D eigenvalue weighted by Gasteiger charge is -2.27. The van der Waals surface area contributed by atoms with E-state index in [-0.39, 0.29) is 17.7 Å². The third-order valence-corrected chi connectivity index (χ3v) is 5.73. The molecule has 9 heteroatoms. The summed E-state index contributed by atoms with van der Waals surface area (Å²) in [5.74, 6) is 0.0923. The molecule has 0 bridgehead atoms. The Balaban J connectivity index is 1.51. The van der Waals surface area contributed by atoms with Crippen molar-refractivity contribution >= 4 is 11.6 Å². The maximum Gasteiger partial charge on any atom is 0.416 e. The lowest BCUT2D eigenvalue weighted by molar-refractivity contribution is -0.137. The fraction of sp³-hybridized carbons (Fsp3) is 0.524. The summed E-state index contributed by atoms with van der Waals surface area (Å²) in [6.07, 6.45) is 0.478. The van der Waals surface area contributed by atoms with E-state index in [1.54, 1.807) is 0 Å². The van der Waals surface area contributed by atoms with E-state index in [2.05, 4.69) is 15.3 Å². The van der Waals surface area contributed by atoms with Gasteiger partial charge in [0.2, 0.25) is 5.82 Å². The molecule has 30 heavy (non-hydrogen) atoms. The molecule has 5 nitrogen and oxygen atoms in total. The van der Waals surface area contributed by atoms with E-state index in [0.717, 1.165) is 44.4 Å². The van der Waals surface area contributed by atoms with E-state index < -0.39 is 17.6 Å². The first-order valence-corrected chi connectivity index (χ1v) is 10.2. The summed E-state index contributed by atoms with van der Waals surface area (Å²) in [4.78, 5) is 10.00. The van der Waals surface area contributed by atoms with E-state index >= 15 is 4.39 Å². The highest BCUT2D eigenvalue weighted by Crippen LogP contribution is 2.38. The van der Waals surface area contributed by atoms with Gasteiger partial charge in [-0.25, -0.2) is 9.97 Å².